The zero-order valence-corrected chi connectivity index (χ0v) is 17.5. The smallest absolute Gasteiger partial charge is 0.311 e. The lowest BCUT2D eigenvalue weighted by Crippen LogP contribution is -2.31. The summed E-state index contributed by atoms with van der Waals surface area (Å²) in [5, 5.41) is 1.20. The second-order valence-electron chi connectivity index (χ2n) is 6.81. The molecule has 2 aromatic carbocycles. The lowest BCUT2D eigenvalue weighted by molar-refractivity contribution is -0.153. The second-order valence-corrected chi connectivity index (χ2v) is 7.24. The molecular formula is C22H21ClN2O5. The zero-order chi connectivity index (χ0) is 22.0. The lowest BCUT2D eigenvalue weighted by atomic mass is 10.1. The number of ether oxygens (including phenoxy) is 2. The van der Waals surface area contributed by atoms with Crippen molar-refractivity contribution < 1.29 is 23.9 Å². The monoisotopic (exact) mass is 428 g/mol. The van der Waals surface area contributed by atoms with E-state index in [4.69, 9.17) is 26.8 Å². The highest BCUT2D eigenvalue weighted by Crippen LogP contribution is 2.31. The lowest BCUT2D eigenvalue weighted by Gasteiger charge is -2.10. The Labute approximate surface area is 178 Å². The van der Waals surface area contributed by atoms with Crippen LogP contribution < -0.4 is 10.5 Å². The van der Waals surface area contributed by atoms with Crippen molar-refractivity contribution in [2.24, 2.45) is 5.73 Å². The van der Waals surface area contributed by atoms with Crippen molar-refractivity contribution in [1.82, 2.24) is 4.57 Å². The van der Waals surface area contributed by atoms with E-state index in [0.717, 1.165) is 0 Å². The number of esters is 1. The third kappa shape index (κ3) is 4.16. The van der Waals surface area contributed by atoms with E-state index in [2.05, 4.69) is 0 Å². The number of benzene rings is 2. The molecule has 0 saturated carbocycles. The summed E-state index contributed by atoms with van der Waals surface area (Å²) in [4.78, 5) is 36.8. The Hall–Kier alpha value is -3.32. The van der Waals surface area contributed by atoms with Crippen LogP contribution in [0.4, 0.5) is 0 Å². The Kier molecular flexibility index (Phi) is 6.12. The Morgan fingerprint density at radius 3 is 2.40 bits per heavy atom. The molecule has 1 amide bonds. The molecule has 0 fully saturated rings. The minimum atomic E-state index is -1.05. The average molecular weight is 429 g/mol. The van der Waals surface area contributed by atoms with Gasteiger partial charge in [0.05, 0.1) is 19.0 Å². The molecule has 0 bridgehead atoms. The molecular weight excluding hydrogens is 408 g/mol. The first-order chi connectivity index (χ1) is 14.2. The van der Waals surface area contributed by atoms with Crippen molar-refractivity contribution in [3.63, 3.8) is 0 Å². The summed E-state index contributed by atoms with van der Waals surface area (Å²) in [5.74, 6) is -1.03. The van der Waals surface area contributed by atoms with Gasteiger partial charge in [-0.1, -0.05) is 11.6 Å². The third-order valence-corrected chi connectivity index (χ3v) is 5.12. The zero-order valence-electron chi connectivity index (χ0n) is 16.8. The SMILES string of the molecule is COc1ccc2c(c1)c(CC(=O)O[C@@H](C)C(N)=O)c(C)n2C(=O)c1ccc(Cl)cc1. The summed E-state index contributed by atoms with van der Waals surface area (Å²) >= 11 is 5.93. The summed E-state index contributed by atoms with van der Waals surface area (Å²) in [6.45, 7) is 3.16. The van der Waals surface area contributed by atoms with Gasteiger partial charge < -0.3 is 15.2 Å². The number of rotatable bonds is 6. The predicted molar refractivity (Wildman–Crippen MR) is 113 cm³/mol. The third-order valence-electron chi connectivity index (χ3n) is 4.87. The number of primary amides is 1. The fourth-order valence-corrected chi connectivity index (χ4v) is 3.36. The maximum atomic E-state index is 13.2. The van der Waals surface area contributed by atoms with Crippen molar-refractivity contribution in [3.05, 3.63) is 64.3 Å². The molecule has 0 spiro atoms. The number of aromatic nitrogens is 1. The number of hydrogen-bond acceptors (Lipinski definition) is 5. The van der Waals surface area contributed by atoms with Gasteiger partial charge in [-0.05, 0) is 61.9 Å². The molecule has 3 rings (SSSR count). The molecule has 3 aromatic rings. The maximum absolute atomic E-state index is 13.2. The van der Waals surface area contributed by atoms with Gasteiger partial charge in [-0.15, -0.1) is 0 Å². The number of hydrogen-bond donors (Lipinski definition) is 1. The van der Waals surface area contributed by atoms with Gasteiger partial charge in [0, 0.05) is 21.7 Å². The molecule has 156 valence electrons. The number of halogens is 1. The first kappa shape index (κ1) is 21.4. The van der Waals surface area contributed by atoms with Crippen molar-refractivity contribution in [3.8, 4) is 5.75 Å². The fraction of sp³-hybridized carbons (Fsp3) is 0.227. The van der Waals surface area contributed by atoms with Crippen LogP contribution in [0.3, 0.4) is 0 Å². The van der Waals surface area contributed by atoms with Crippen LogP contribution in [0.5, 0.6) is 5.75 Å². The number of carbonyl (C=O) groups is 3. The Balaban J connectivity index is 2.09. The maximum Gasteiger partial charge on any atom is 0.311 e. The van der Waals surface area contributed by atoms with E-state index < -0.39 is 18.0 Å². The van der Waals surface area contributed by atoms with Crippen LogP contribution >= 0.6 is 11.6 Å². The van der Waals surface area contributed by atoms with Crippen LogP contribution in [0.2, 0.25) is 5.02 Å². The number of nitrogens with zero attached hydrogens (tertiary/aromatic N) is 1. The first-order valence-electron chi connectivity index (χ1n) is 9.20. The predicted octanol–water partition coefficient (Wildman–Crippen LogP) is 3.26. The Bertz CT molecular complexity index is 1130. The van der Waals surface area contributed by atoms with Crippen LogP contribution in [0.1, 0.15) is 28.5 Å². The summed E-state index contributed by atoms with van der Waals surface area (Å²) in [7, 11) is 1.53. The largest absolute Gasteiger partial charge is 0.497 e. The molecule has 1 heterocycles. The molecule has 1 atom stereocenters. The van der Waals surface area contributed by atoms with Gasteiger partial charge in [-0.25, -0.2) is 0 Å². The first-order valence-corrected chi connectivity index (χ1v) is 9.57. The molecule has 30 heavy (non-hydrogen) atoms. The number of carbonyl (C=O) groups excluding carboxylic acids is 3. The Morgan fingerprint density at radius 2 is 1.80 bits per heavy atom. The van der Waals surface area contributed by atoms with Gasteiger partial charge >= 0.3 is 5.97 Å². The van der Waals surface area contributed by atoms with Gasteiger partial charge in [0.15, 0.2) is 6.10 Å². The van der Waals surface area contributed by atoms with E-state index in [1.807, 2.05) is 0 Å². The minimum Gasteiger partial charge on any atom is -0.497 e. The van der Waals surface area contributed by atoms with Crippen molar-refractivity contribution in [1.29, 1.82) is 0 Å². The van der Waals surface area contributed by atoms with Gasteiger partial charge in [-0.2, -0.15) is 0 Å². The molecule has 0 aliphatic rings. The topological polar surface area (TPSA) is 101 Å². The van der Waals surface area contributed by atoms with Crippen LogP contribution in [0.15, 0.2) is 42.5 Å². The number of nitrogens with two attached hydrogens (primary N) is 1. The van der Waals surface area contributed by atoms with E-state index in [-0.39, 0.29) is 12.3 Å². The minimum absolute atomic E-state index is 0.131. The summed E-state index contributed by atoms with van der Waals surface area (Å²) in [5.41, 5.74) is 7.43. The molecule has 8 heteroatoms. The molecule has 1 aromatic heterocycles. The summed E-state index contributed by atoms with van der Waals surface area (Å²) < 4.78 is 11.9. The molecule has 0 radical (unpaired) electrons. The quantitative estimate of drug-likeness (QED) is 0.607. The van der Waals surface area contributed by atoms with Crippen molar-refractivity contribution in [2.75, 3.05) is 7.11 Å². The Morgan fingerprint density at radius 1 is 1.13 bits per heavy atom. The van der Waals surface area contributed by atoms with Gasteiger partial charge in [0.25, 0.3) is 11.8 Å². The highest BCUT2D eigenvalue weighted by Gasteiger charge is 2.23. The van der Waals surface area contributed by atoms with Crippen LogP contribution in [0, 0.1) is 6.92 Å². The van der Waals surface area contributed by atoms with E-state index >= 15 is 0 Å². The number of amides is 1. The van der Waals surface area contributed by atoms with Gasteiger partial charge in [-0.3, -0.25) is 19.0 Å². The molecule has 0 saturated heterocycles. The van der Waals surface area contributed by atoms with Crippen LogP contribution in [-0.4, -0.2) is 35.6 Å². The van der Waals surface area contributed by atoms with Gasteiger partial charge in [0.2, 0.25) is 0 Å². The highest BCUT2D eigenvalue weighted by molar-refractivity contribution is 6.30. The second kappa shape index (κ2) is 8.59. The van der Waals surface area contributed by atoms with E-state index in [1.54, 1.807) is 49.4 Å². The van der Waals surface area contributed by atoms with Crippen LogP contribution in [0.25, 0.3) is 10.9 Å². The highest BCUT2D eigenvalue weighted by atomic mass is 35.5. The van der Waals surface area contributed by atoms with Crippen molar-refractivity contribution >= 4 is 40.3 Å². The number of fused-ring (bicyclic) bond motifs is 1. The number of methoxy groups -OCH3 is 1. The molecule has 0 aliphatic carbocycles. The summed E-state index contributed by atoms with van der Waals surface area (Å²) in [6, 6.07) is 11.8. The van der Waals surface area contributed by atoms with E-state index in [9.17, 15) is 14.4 Å². The van der Waals surface area contributed by atoms with Crippen LogP contribution in [-0.2, 0) is 20.7 Å². The normalized spacial score (nSPS) is 11.9. The standard InChI is InChI=1S/C22H21ClN2O5/c1-12-17(11-20(26)30-13(2)21(24)27)18-10-16(29-3)8-9-19(18)25(12)22(28)14-4-6-15(23)7-5-14/h4-10,13H,11H2,1-3H3,(H2,24,27)/t13-/m0/s1. The van der Waals surface area contributed by atoms with Crippen molar-refractivity contribution in [2.45, 2.75) is 26.4 Å². The molecule has 0 aliphatic heterocycles. The van der Waals surface area contributed by atoms with Gasteiger partial charge in [0.1, 0.15) is 5.75 Å². The van der Waals surface area contributed by atoms with E-state index in [1.165, 1.54) is 18.6 Å². The summed E-state index contributed by atoms with van der Waals surface area (Å²) in [6.07, 6.45) is -1.18. The molecule has 0 unspecified atom stereocenters. The molecule has 7 nitrogen and oxygen atoms in total. The fourth-order valence-electron chi connectivity index (χ4n) is 3.24. The molecule has 2 N–H and O–H groups in total. The average Bonchev–Trinajstić information content (AvgIpc) is 2.98. The van der Waals surface area contributed by atoms with E-state index in [0.29, 0.717) is 38.5 Å².